The van der Waals surface area contributed by atoms with Crippen molar-refractivity contribution in [3.63, 3.8) is 0 Å². The Kier molecular flexibility index (Phi) is 4.46. The highest BCUT2D eigenvalue weighted by molar-refractivity contribution is 5.79. The molecular weight excluding hydrogens is 314 g/mol. The number of benzene rings is 1. The molecule has 6 heteroatoms. The molecule has 1 aromatic carbocycles. The first-order valence-corrected chi connectivity index (χ1v) is 8.72. The highest BCUT2D eigenvalue weighted by Gasteiger charge is 2.21. The van der Waals surface area contributed by atoms with Gasteiger partial charge in [-0.25, -0.2) is 9.67 Å². The highest BCUT2D eigenvalue weighted by Crippen LogP contribution is 2.17. The maximum Gasteiger partial charge on any atom is 0.176 e. The SMILES string of the molecule is COCc1nc2n(n1)C[C@@H](NCc1ccc3nc(C)ccc3c1)CC2. The molecule has 1 atom stereocenters. The molecule has 0 saturated heterocycles. The van der Waals surface area contributed by atoms with E-state index in [4.69, 9.17) is 4.74 Å². The molecule has 0 bridgehead atoms. The Labute approximate surface area is 147 Å². The van der Waals surface area contributed by atoms with Gasteiger partial charge < -0.3 is 10.1 Å². The van der Waals surface area contributed by atoms with E-state index in [1.165, 1.54) is 10.9 Å². The van der Waals surface area contributed by atoms with Gasteiger partial charge in [-0.3, -0.25) is 4.98 Å². The molecule has 3 aromatic rings. The monoisotopic (exact) mass is 337 g/mol. The lowest BCUT2D eigenvalue weighted by molar-refractivity contribution is 0.177. The fourth-order valence-electron chi connectivity index (χ4n) is 3.37. The molecule has 1 N–H and O–H groups in total. The largest absolute Gasteiger partial charge is 0.377 e. The minimum absolute atomic E-state index is 0.413. The molecule has 0 aliphatic carbocycles. The molecule has 0 radical (unpaired) electrons. The van der Waals surface area contributed by atoms with Gasteiger partial charge in [0.05, 0.1) is 12.1 Å². The van der Waals surface area contributed by atoms with Crippen molar-refractivity contribution in [2.24, 2.45) is 0 Å². The maximum absolute atomic E-state index is 5.12. The zero-order valence-corrected chi connectivity index (χ0v) is 14.7. The second kappa shape index (κ2) is 6.90. The molecule has 0 amide bonds. The van der Waals surface area contributed by atoms with Crippen molar-refractivity contribution in [3.05, 3.63) is 53.2 Å². The van der Waals surface area contributed by atoms with Crippen molar-refractivity contribution in [1.29, 1.82) is 0 Å². The van der Waals surface area contributed by atoms with E-state index >= 15 is 0 Å². The van der Waals surface area contributed by atoms with Gasteiger partial charge in [-0.15, -0.1) is 0 Å². The van der Waals surface area contributed by atoms with E-state index in [0.717, 1.165) is 48.8 Å². The number of fused-ring (bicyclic) bond motifs is 2. The van der Waals surface area contributed by atoms with Crippen LogP contribution in [0.3, 0.4) is 0 Å². The Balaban J connectivity index is 1.40. The fourth-order valence-corrected chi connectivity index (χ4v) is 3.37. The van der Waals surface area contributed by atoms with Crippen molar-refractivity contribution >= 4 is 10.9 Å². The number of hydrogen-bond acceptors (Lipinski definition) is 5. The van der Waals surface area contributed by atoms with Crippen LogP contribution in [0.2, 0.25) is 0 Å². The van der Waals surface area contributed by atoms with Crippen LogP contribution in [-0.4, -0.2) is 32.9 Å². The Morgan fingerprint density at radius 1 is 1.24 bits per heavy atom. The predicted molar refractivity (Wildman–Crippen MR) is 96.2 cm³/mol. The topological polar surface area (TPSA) is 64.9 Å². The first kappa shape index (κ1) is 16.2. The molecule has 0 spiro atoms. The van der Waals surface area contributed by atoms with Crippen LogP contribution in [0.1, 0.15) is 29.3 Å². The van der Waals surface area contributed by atoms with Gasteiger partial charge in [0, 0.05) is 37.2 Å². The Hall–Kier alpha value is -2.31. The van der Waals surface area contributed by atoms with Crippen molar-refractivity contribution in [1.82, 2.24) is 25.1 Å². The number of pyridine rings is 1. The van der Waals surface area contributed by atoms with E-state index in [1.54, 1.807) is 7.11 Å². The molecule has 130 valence electrons. The molecule has 1 aliphatic heterocycles. The first-order valence-electron chi connectivity index (χ1n) is 8.72. The summed E-state index contributed by atoms with van der Waals surface area (Å²) in [5.74, 6) is 1.84. The minimum Gasteiger partial charge on any atom is -0.377 e. The third kappa shape index (κ3) is 3.55. The lowest BCUT2D eigenvalue weighted by atomic mass is 10.1. The smallest absolute Gasteiger partial charge is 0.176 e. The second-order valence-electron chi connectivity index (χ2n) is 6.66. The number of aromatic nitrogens is 4. The molecular formula is C19H23N5O. The third-order valence-corrected chi connectivity index (χ3v) is 4.66. The van der Waals surface area contributed by atoms with E-state index in [-0.39, 0.29) is 0 Å². The molecule has 0 saturated carbocycles. The van der Waals surface area contributed by atoms with Crippen LogP contribution in [0, 0.1) is 6.92 Å². The Bertz CT molecular complexity index is 889. The number of hydrogen-bond donors (Lipinski definition) is 1. The molecule has 6 nitrogen and oxygen atoms in total. The summed E-state index contributed by atoms with van der Waals surface area (Å²) in [5.41, 5.74) is 3.39. The van der Waals surface area contributed by atoms with E-state index in [1.807, 2.05) is 11.6 Å². The summed E-state index contributed by atoms with van der Waals surface area (Å²) in [6, 6.07) is 11.1. The zero-order chi connectivity index (χ0) is 17.2. The van der Waals surface area contributed by atoms with Gasteiger partial charge >= 0.3 is 0 Å². The first-order chi connectivity index (χ1) is 12.2. The summed E-state index contributed by atoms with van der Waals surface area (Å²) in [6.07, 6.45) is 2.04. The van der Waals surface area contributed by atoms with Gasteiger partial charge in [0.25, 0.3) is 0 Å². The summed E-state index contributed by atoms with van der Waals surface area (Å²) in [6.45, 7) is 4.21. The minimum atomic E-state index is 0.413. The van der Waals surface area contributed by atoms with Gasteiger partial charge in [0.15, 0.2) is 5.82 Å². The quantitative estimate of drug-likeness (QED) is 0.774. The number of methoxy groups -OCH3 is 1. The average Bonchev–Trinajstić information content (AvgIpc) is 3.02. The number of rotatable bonds is 5. The molecule has 1 aliphatic rings. The highest BCUT2D eigenvalue weighted by atomic mass is 16.5. The van der Waals surface area contributed by atoms with Crippen LogP contribution >= 0.6 is 0 Å². The summed E-state index contributed by atoms with van der Waals surface area (Å²) in [5, 5.41) is 9.37. The van der Waals surface area contributed by atoms with Gasteiger partial charge in [-0.2, -0.15) is 5.10 Å². The van der Waals surface area contributed by atoms with Crippen LogP contribution in [0.5, 0.6) is 0 Å². The van der Waals surface area contributed by atoms with Crippen LogP contribution in [0.15, 0.2) is 30.3 Å². The standard InChI is InChI=1S/C19H23N5O/c1-13-3-5-15-9-14(4-7-17(15)21-13)10-20-16-6-8-19-22-18(12-25-2)23-24(19)11-16/h3-5,7,9,16,20H,6,8,10-12H2,1-2H3/t16-/m0/s1. The molecule has 25 heavy (non-hydrogen) atoms. The fraction of sp³-hybridized carbons (Fsp3) is 0.421. The van der Waals surface area contributed by atoms with Crippen molar-refractivity contribution in [2.75, 3.05) is 7.11 Å². The summed E-state index contributed by atoms with van der Waals surface area (Å²) < 4.78 is 7.14. The number of aryl methyl sites for hydroxylation is 2. The zero-order valence-electron chi connectivity index (χ0n) is 14.7. The van der Waals surface area contributed by atoms with E-state index < -0.39 is 0 Å². The van der Waals surface area contributed by atoms with Gasteiger partial charge in [-0.1, -0.05) is 12.1 Å². The molecule has 3 heterocycles. The molecule has 0 fully saturated rings. The van der Waals surface area contributed by atoms with E-state index in [2.05, 4.69) is 50.7 Å². The molecule has 2 aromatic heterocycles. The lowest BCUT2D eigenvalue weighted by Crippen LogP contribution is -2.37. The van der Waals surface area contributed by atoms with Crippen molar-refractivity contribution in [2.45, 2.75) is 45.5 Å². The molecule has 4 rings (SSSR count). The summed E-state index contributed by atoms with van der Waals surface area (Å²) in [4.78, 5) is 9.09. The van der Waals surface area contributed by atoms with Crippen molar-refractivity contribution in [3.8, 4) is 0 Å². The lowest BCUT2D eigenvalue weighted by Gasteiger charge is -2.23. The van der Waals surface area contributed by atoms with Gasteiger partial charge in [-0.05, 0) is 37.1 Å². The second-order valence-corrected chi connectivity index (χ2v) is 6.66. The number of ether oxygens (including phenoxy) is 1. The van der Waals surface area contributed by atoms with E-state index in [0.29, 0.717) is 12.6 Å². The maximum atomic E-state index is 5.12. The third-order valence-electron chi connectivity index (χ3n) is 4.66. The summed E-state index contributed by atoms with van der Waals surface area (Å²) in [7, 11) is 1.67. The van der Waals surface area contributed by atoms with Gasteiger partial charge in [0.2, 0.25) is 0 Å². The Morgan fingerprint density at radius 3 is 3.04 bits per heavy atom. The predicted octanol–water partition coefficient (Wildman–Crippen LogP) is 2.39. The van der Waals surface area contributed by atoms with Crippen LogP contribution in [0.4, 0.5) is 0 Å². The van der Waals surface area contributed by atoms with Crippen LogP contribution < -0.4 is 5.32 Å². The average molecular weight is 337 g/mol. The van der Waals surface area contributed by atoms with E-state index in [9.17, 15) is 0 Å². The Morgan fingerprint density at radius 2 is 2.16 bits per heavy atom. The number of nitrogens with zero attached hydrogens (tertiary/aromatic N) is 4. The number of nitrogens with one attached hydrogen (secondary N) is 1. The van der Waals surface area contributed by atoms with Gasteiger partial charge in [0.1, 0.15) is 12.4 Å². The normalized spacial score (nSPS) is 17.0. The summed E-state index contributed by atoms with van der Waals surface area (Å²) >= 11 is 0. The van der Waals surface area contributed by atoms with Crippen LogP contribution in [-0.2, 0) is 30.9 Å². The van der Waals surface area contributed by atoms with Crippen molar-refractivity contribution < 1.29 is 4.74 Å². The molecule has 0 unspecified atom stereocenters. The van der Waals surface area contributed by atoms with Crippen LogP contribution in [0.25, 0.3) is 10.9 Å².